The minimum absolute atomic E-state index is 0.0410. The number of nitrogens with one attached hydrogen (secondary N) is 1. The van der Waals surface area contributed by atoms with Gasteiger partial charge in [-0.3, -0.25) is 5.84 Å². The third-order valence-electron chi connectivity index (χ3n) is 3.78. The van der Waals surface area contributed by atoms with Crippen molar-refractivity contribution in [2.45, 2.75) is 32.1 Å². The number of nitrogens with zero attached hydrogens (tertiary/aromatic N) is 1. The molecule has 0 saturated carbocycles. The molecule has 0 bridgehead atoms. The molecule has 0 amide bonds. The van der Waals surface area contributed by atoms with E-state index in [-0.39, 0.29) is 15.4 Å². The lowest BCUT2D eigenvalue weighted by molar-refractivity contribution is 0.609. The summed E-state index contributed by atoms with van der Waals surface area (Å²) in [6.45, 7) is 0. The van der Waals surface area contributed by atoms with E-state index in [4.69, 9.17) is 5.84 Å². The summed E-state index contributed by atoms with van der Waals surface area (Å²) in [5.74, 6) is 4.50. The third-order valence-corrected chi connectivity index (χ3v) is 4.35. The van der Waals surface area contributed by atoms with Crippen LogP contribution in [0.15, 0.2) is 10.5 Å². The van der Waals surface area contributed by atoms with Gasteiger partial charge in [0.25, 0.3) is 0 Å². The summed E-state index contributed by atoms with van der Waals surface area (Å²) in [5, 5.41) is 0.125. The zero-order chi connectivity index (χ0) is 14.3. The van der Waals surface area contributed by atoms with E-state index in [2.05, 4.69) is 26.3 Å². The van der Waals surface area contributed by atoms with Crippen molar-refractivity contribution < 1.29 is 8.78 Å². The van der Waals surface area contributed by atoms with Crippen LogP contribution in [0.5, 0.6) is 0 Å². The molecule has 3 nitrogen and oxygen atoms in total. The Morgan fingerprint density at radius 2 is 1.95 bits per heavy atom. The monoisotopic (exact) mass is 341 g/mol. The highest BCUT2D eigenvalue weighted by Crippen LogP contribution is 2.37. The summed E-state index contributed by atoms with van der Waals surface area (Å²) in [7, 11) is 0. The first-order valence-electron chi connectivity index (χ1n) is 6.59. The molecule has 106 valence electrons. The van der Waals surface area contributed by atoms with E-state index in [9.17, 15) is 8.78 Å². The van der Waals surface area contributed by atoms with Gasteiger partial charge < -0.3 is 5.43 Å². The molecule has 0 unspecified atom stereocenters. The predicted molar refractivity (Wildman–Crippen MR) is 78.4 cm³/mol. The molecule has 1 heterocycles. The Kier molecular flexibility index (Phi) is 3.60. The van der Waals surface area contributed by atoms with Crippen molar-refractivity contribution in [3.8, 4) is 0 Å². The molecule has 2 aromatic rings. The van der Waals surface area contributed by atoms with Crippen molar-refractivity contribution in [2.24, 2.45) is 5.84 Å². The van der Waals surface area contributed by atoms with E-state index in [0.717, 1.165) is 49.4 Å². The summed E-state index contributed by atoms with van der Waals surface area (Å²) >= 11 is 3.03. The van der Waals surface area contributed by atoms with Crippen molar-refractivity contribution in [3.63, 3.8) is 0 Å². The van der Waals surface area contributed by atoms with Crippen molar-refractivity contribution in [1.29, 1.82) is 0 Å². The van der Waals surface area contributed by atoms with Crippen molar-refractivity contribution in [3.05, 3.63) is 33.4 Å². The number of hydrogen-bond acceptors (Lipinski definition) is 3. The van der Waals surface area contributed by atoms with Gasteiger partial charge in [0, 0.05) is 5.69 Å². The fraction of sp³-hybridized carbons (Fsp3) is 0.357. The topological polar surface area (TPSA) is 50.9 Å². The Hall–Kier alpha value is -1.27. The molecule has 6 heteroatoms. The fourth-order valence-corrected chi connectivity index (χ4v) is 3.23. The van der Waals surface area contributed by atoms with Gasteiger partial charge in [-0.15, -0.1) is 0 Å². The highest BCUT2D eigenvalue weighted by atomic mass is 79.9. The number of hydrogen-bond donors (Lipinski definition) is 2. The number of anilines is 1. The number of fused-ring (bicyclic) bond motifs is 2. The van der Waals surface area contributed by atoms with E-state index in [0.29, 0.717) is 5.69 Å². The maximum atomic E-state index is 14.3. The Labute approximate surface area is 123 Å². The molecule has 0 radical (unpaired) electrons. The maximum Gasteiger partial charge on any atom is 0.150 e. The van der Waals surface area contributed by atoms with Gasteiger partial charge in [-0.2, -0.15) is 0 Å². The standard InChI is InChI=1S/C14H14BrF2N3/c15-8-6-9(16)14-11(12(8)17)13(20-18)7-4-2-1-3-5-10(7)19-14/h6H,1-5,18H2,(H,19,20). The SMILES string of the molecule is NNc1c2c(nc3c(F)cc(Br)c(F)c13)CCCCC2. The highest BCUT2D eigenvalue weighted by Gasteiger charge is 2.22. The number of aryl methyl sites for hydroxylation is 1. The van der Waals surface area contributed by atoms with Gasteiger partial charge in [0.2, 0.25) is 0 Å². The first kappa shape index (κ1) is 13.7. The van der Waals surface area contributed by atoms with E-state index in [1.54, 1.807) is 0 Å². The molecule has 1 aliphatic carbocycles. The molecule has 0 saturated heterocycles. The van der Waals surface area contributed by atoms with Gasteiger partial charge in [-0.25, -0.2) is 13.8 Å². The van der Waals surface area contributed by atoms with Crippen molar-refractivity contribution >= 4 is 32.5 Å². The maximum absolute atomic E-state index is 14.3. The van der Waals surface area contributed by atoms with Crippen LogP contribution in [0.4, 0.5) is 14.5 Å². The predicted octanol–water partition coefficient (Wildman–Crippen LogP) is 3.83. The van der Waals surface area contributed by atoms with Crippen LogP contribution in [0.3, 0.4) is 0 Å². The van der Waals surface area contributed by atoms with Crippen LogP contribution in [-0.2, 0) is 12.8 Å². The largest absolute Gasteiger partial charge is 0.323 e. The van der Waals surface area contributed by atoms with Gasteiger partial charge in [0.15, 0.2) is 5.82 Å². The number of rotatable bonds is 1. The summed E-state index contributed by atoms with van der Waals surface area (Å²) in [6, 6.07) is 1.11. The molecule has 0 atom stereocenters. The molecule has 1 aromatic heterocycles. The minimum Gasteiger partial charge on any atom is -0.323 e. The zero-order valence-electron chi connectivity index (χ0n) is 10.8. The molecular weight excluding hydrogens is 328 g/mol. The van der Waals surface area contributed by atoms with Crippen LogP contribution >= 0.6 is 15.9 Å². The molecule has 1 aromatic carbocycles. The summed E-state index contributed by atoms with van der Waals surface area (Å²) in [5.41, 5.74) is 4.79. The minimum atomic E-state index is -0.545. The van der Waals surface area contributed by atoms with Crippen molar-refractivity contribution in [2.75, 3.05) is 5.43 Å². The number of benzene rings is 1. The number of halogens is 3. The lowest BCUT2D eigenvalue weighted by Crippen LogP contribution is -2.13. The van der Waals surface area contributed by atoms with E-state index in [1.807, 2.05) is 0 Å². The van der Waals surface area contributed by atoms with Gasteiger partial charge in [-0.1, -0.05) is 6.42 Å². The van der Waals surface area contributed by atoms with Crippen molar-refractivity contribution in [1.82, 2.24) is 4.98 Å². The second-order valence-electron chi connectivity index (χ2n) is 4.99. The molecule has 0 fully saturated rings. The quantitative estimate of drug-likeness (QED) is 0.358. The smallest absolute Gasteiger partial charge is 0.150 e. The molecule has 3 N–H and O–H groups in total. The Morgan fingerprint density at radius 3 is 2.70 bits per heavy atom. The number of nitrogens with two attached hydrogens (primary N) is 1. The molecule has 20 heavy (non-hydrogen) atoms. The average Bonchev–Trinajstić information content (AvgIpc) is 2.67. The summed E-state index contributed by atoms with van der Waals surface area (Å²) < 4.78 is 28.5. The molecule has 3 rings (SSSR count). The second-order valence-corrected chi connectivity index (χ2v) is 5.85. The van der Waals surface area contributed by atoms with Crippen LogP contribution in [0.25, 0.3) is 10.9 Å². The van der Waals surface area contributed by atoms with Crippen LogP contribution in [0.2, 0.25) is 0 Å². The van der Waals surface area contributed by atoms with Gasteiger partial charge in [-0.05, 0) is 53.2 Å². The van der Waals surface area contributed by atoms with E-state index < -0.39 is 11.6 Å². The van der Waals surface area contributed by atoms with Gasteiger partial charge >= 0.3 is 0 Å². The Bertz CT molecular complexity index is 688. The molecule has 0 aliphatic heterocycles. The van der Waals surface area contributed by atoms with Crippen LogP contribution in [-0.4, -0.2) is 4.98 Å². The molecular formula is C14H14BrF2N3. The second kappa shape index (κ2) is 5.26. The van der Waals surface area contributed by atoms with Gasteiger partial charge in [0.1, 0.15) is 11.3 Å². The molecule has 0 spiro atoms. The normalized spacial score (nSPS) is 15.0. The Morgan fingerprint density at radius 1 is 1.20 bits per heavy atom. The van der Waals surface area contributed by atoms with Crippen LogP contribution < -0.4 is 11.3 Å². The van der Waals surface area contributed by atoms with E-state index in [1.165, 1.54) is 0 Å². The van der Waals surface area contributed by atoms with Crippen LogP contribution in [0, 0.1) is 11.6 Å². The van der Waals surface area contributed by atoms with Crippen LogP contribution in [0.1, 0.15) is 30.5 Å². The number of aromatic nitrogens is 1. The first-order chi connectivity index (χ1) is 9.63. The number of hydrazine groups is 1. The summed E-state index contributed by atoms with van der Waals surface area (Å²) in [6.07, 6.45) is 4.66. The average molecular weight is 342 g/mol. The fourth-order valence-electron chi connectivity index (χ4n) is 2.83. The first-order valence-corrected chi connectivity index (χ1v) is 7.38. The Balaban J connectivity index is 2.43. The highest BCUT2D eigenvalue weighted by molar-refractivity contribution is 9.10. The number of nitrogen functional groups attached to an aromatic ring is 1. The summed E-state index contributed by atoms with van der Waals surface area (Å²) in [4.78, 5) is 4.35. The van der Waals surface area contributed by atoms with Gasteiger partial charge in [0.05, 0.1) is 15.5 Å². The number of pyridine rings is 1. The van der Waals surface area contributed by atoms with E-state index >= 15 is 0 Å². The molecule has 1 aliphatic rings. The third kappa shape index (κ3) is 2.07. The lowest BCUT2D eigenvalue weighted by Gasteiger charge is -2.16. The lowest BCUT2D eigenvalue weighted by atomic mass is 10.0. The zero-order valence-corrected chi connectivity index (χ0v) is 12.4.